The highest BCUT2D eigenvalue weighted by Crippen LogP contribution is 2.54. The van der Waals surface area contributed by atoms with Crippen LogP contribution in [0.15, 0.2) is 0 Å². The minimum atomic E-state index is -5.72. The molecule has 15 heteroatoms. The number of ether oxygens (including phenoxy) is 1. The molecule has 0 aromatic heterocycles. The Hall–Kier alpha value is -1.41. The van der Waals surface area contributed by atoms with E-state index in [1.165, 1.54) is 20.8 Å². The van der Waals surface area contributed by atoms with Crippen molar-refractivity contribution in [3.05, 3.63) is 0 Å². The molecule has 0 bridgehead atoms. The van der Waals surface area contributed by atoms with Gasteiger partial charge in [0.25, 0.3) is 5.60 Å². The van der Waals surface area contributed by atoms with Crippen molar-refractivity contribution < 1.29 is 67.3 Å². The molecule has 0 atom stereocenters. The molecule has 0 unspecified atom stereocenters. The Kier molecular flexibility index (Phi) is 9.87. The van der Waals surface area contributed by atoms with Crippen LogP contribution < -0.4 is 0 Å². The van der Waals surface area contributed by atoms with Crippen molar-refractivity contribution in [2.24, 2.45) is 11.3 Å². The average Bonchev–Trinajstić information content (AvgIpc) is 2.63. The molecule has 0 aliphatic heterocycles. The summed E-state index contributed by atoms with van der Waals surface area (Å²) in [6.45, 7) is 3.71. The Morgan fingerprint density at radius 1 is 0.735 bits per heavy atom. The Morgan fingerprint density at radius 3 is 1.32 bits per heavy atom. The van der Waals surface area contributed by atoms with Crippen molar-refractivity contribution in [3.8, 4) is 0 Å². The van der Waals surface area contributed by atoms with Gasteiger partial charge in [0.15, 0.2) is 0 Å². The van der Waals surface area contributed by atoms with Crippen molar-refractivity contribution >= 4 is 5.97 Å². The first-order valence-corrected chi connectivity index (χ1v) is 10.0. The highest BCUT2D eigenvalue weighted by atomic mass is 19.4. The second-order valence-electron chi connectivity index (χ2n) is 8.76. The van der Waals surface area contributed by atoms with E-state index in [-0.39, 0.29) is 39.0 Å². The summed E-state index contributed by atoms with van der Waals surface area (Å²) >= 11 is 0. The first-order valence-electron chi connectivity index (χ1n) is 10.0. The van der Waals surface area contributed by atoms with Gasteiger partial charge in [-0.1, -0.05) is 26.2 Å². The molecule has 1 saturated carbocycles. The molecule has 0 aromatic rings. The molecule has 1 rings (SSSR count). The fourth-order valence-electron chi connectivity index (χ4n) is 2.92. The van der Waals surface area contributed by atoms with Gasteiger partial charge >= 0.3 is 36.3 Å². The van der Waals surface area contributed by atoms with E-state index in [4.69, 9.17) is 5.11 Å². The summed E-state index contributed by atoms with van der Waals surface area (Å²) in [5.41, 5.74) is -10.5. The summed E-state index contributed by atoms with van der Waals surface area (Å²) < 4.78 is 153. The monoisotopic (exact) mass is 530 g/mol. The minimum Gasteiger partial charge on any atom is -0.439 e. The molecule has 1 aliphatic rings. The second-order valence-corrected chi connectivity index (χ2v) is 8.76. The van der Waals surface area contributed by atoms with Crippen LogP contribution in [0.4, 0.5) is 52.7 Å². The van der Waals surface area contributed by atoms with E-state index in [2.05, 4.69) is 4.74 Å². The van der Waals surface area contributed by atoms with E-state index >= 15 is 0 Å². The molecule has 0 amide bonds. The van der Waals surface area contributed by atoms with E-state index in [1.807, 2.05) is 0 Å². The van der Waals surface area contributed by atoms with E-state index in [1.54, 1.807) is 0 Å². The summed E-state index contributed by atoms with van der Waals surface area (Å²) in [4.78, 5) is 12.0. The third-order valence-corrected chi connectivity index (χ3v) is 5.82. The highest BCUT2D eigenvalue weighted by molar-refractivity contribution is 5.76. The van der Waals surface area contributed by atoms with Gasteiger partial charge in [-0.25, -0.2) is 0 Å². The SMILES string of the molecule is CC(O)(C(F)(F)F)C(F)(F)F.CCC(C)(C)C(=O)OC(C1CCCCC1)(C(F)(F)F)C(F)(F)F. The summed E-state index contributed by atoms with van der Waals surface area (Å²) in [5, 5.41) is 7.94. The molecule has 0 heterocycles. The first kappa shape index (κ1) is 32.6. The number of esters is 1. The van der Waals surface area contributed by atoms with Crippen LogP contribution in [0.1, 0.15) is 66.2 Å². The van der Waals surface area contributed by atoms with Gasteiger partial charge in [-0.05, 0) is 40.0 Å². The predicted molar refractivity (Wildman–Crippen MR) is 94.3 cm³/mol. The van der Waals surface area contributed by atoms with Crippen LogP contribution in [0.3, 0.4) is 0 Å². The lowest BCUT2D eigenvalue weighted by Crippen LogP contribution is -2.65. The van der Waals surface area contributed by atoms with E-state index in [0.717, 1.165) is 0 Å². The lowest BCUT2D eigenvalue weighted by atomic mass is 9.75. The Morgan fingerprint density at radius 2 is 1.09 bits per heavy atom. The zero-order valence-corrected chi connectivity index (χ0v) is 18.6. The number of rotatable bonds is 4. The van der Waals surface area contributed by atoms with Crippen LogP contribution >= 0.6 is 0 Å². The number of hydrogen-bond acceptors (Lipinski definition) is 3. The van der Waals surface area contributed by atoms with Crippen molar-refractivity contribution in [2.45, 2.75) is 102 Å². The maximum absolute atomic E-state index is 13.5. The van der Waals surface area contributed by atoms with E-state index in [9.17, 15) is 57.5 Å². The molecule has 34 heavy (non-hydrogen) atoms. The molecule has 0 radical (unpaired) electrons. The molecule has 0 spiro atoms. The number of carbonyl (C=O) groups excluding carboxylic acids is 1. The topological polar surface area (TPSA) is 46.5 Å². The summed E-state index contributed by atoms with van der Waals surface area (Å²) in [6.07, 6.45) is -22.2. The van der Waals surface area contributed by atoms with Gasteiger partial charge in [0.1, 0.15) is 0 Å². The Bertz CT molecular complexity index is 636. The first-order chi connectivity index (χ1) is 14.8. The Labute approximate surface area is 187 Å². The number of alkyl halides is 12. The van der Waals surface area contributed by atoms with Gasteiger partial charge in [0.05, 0.1) is 5.41 Å². The molecule has 1 fully saturated rings. The lowest BCUT2D eigenvalue weighted by molar-refractivity contribution is -0.389. The molecule has 0 saturated heterocycles. The largest absolute Gasteiger partial charge is 0.439 e. The van der Waals surface area contributed by atoms with Crippen molar-refractivity contribution in [1.29, 1.82) is 0 Å². The third kappa shape index (κ3) is 6.84. The van der Waals surface area contributed by atoms with Gasteiger partial charge in [-0.3, -0.25) is 4.79 Å². The van der Waals surface area contributed by atoms with Crippen LogP contribution in [0.2, 0.25) is 0 Å². The molecular weight excluding hydrogens is 504 g/mol. The van der Waals surface area contributed by atoms with Crippen molar-refractivity contribution in [1.82, 2.24) is 0 Å². The van der Waals surface area contributed by atoms with Crippen molar-refractivity contribution in [2.75, 3.05) is 0 Å². The maximum atomic E-state index is 13.5. The van der Waals surface area contributed by atoms with Gasteiger partial charge in [0.2, 0.25) is 0 Å². The fraction of sp³-hybridized carbons (Fsp3) is 0.947. The van der Waals surface area contributed by atoms with Crippen LogP contribution in [-0.4, -0.2) is 47.0 Å². The number of hydrogen-bond donors (Lipinski definition) is 1. The van der Waals surface area contributed by atoms with Crippen LogP contribution in [-0.2, 0) is 9.53 Å². The summed E-state index contributed by atoms with van der Waals surface area (Å²) in [6, 6.07) is 0. The standard InChI is InChI=1S/C15H22F6O2.C4H4F6O/c1-4-12(2,3)11(22)23-13(14(16,17)18,15(19,20)21)10-8-6-5-7-9-10;1-2(11,3(5,6)7)4(8,9)10/h10H,4-9H2,1-3H3;11H,1H3. The lowest BCUT2D eigenvalue weighted by Gasteiger charge is -2.44. The molecular formula is C19H26F12O3. The highest BCUT2D eigenvalue weighted by Gasteiger charge is 2.77. The normalized spacial score (nSPS) is 17.7. The number of carbonyl (C=O) groups is 1. The Balaban J connectivity index is 0.000000833. The third-order valence-electron chi connectivity index (χ3n) is 5.82. The molecule has 0 aromatic carbocycles. The van der Waals surface area contributed by atoms with E-state index < -0.39 is 53.2 Å². The average molecular weight is 530 g/mol. The van der Waals surface area contributed by atoms with Crippen LogP contribution in [0, 0.1) is 11.3 Å². The van der Waals surface area contributed by atoms with Gasteiger partial charge in [0, 0.05) is 5.92 Å². The van der Waals surface area contributed by atoms with Crippen LogP contribution in [0.5, 0.6) is 0 Å². The summed E-state index contributed by atoms with van der Waals surface area (Å²) in [7, 11) is 0. The maximum Gasteiger partial charge on any atom is 0.437 e. The fourth-order valence-corrected chi connectivity index (χ4v) is 2.92. The van der Waals surface area contributed by atoms with Crippen LogP contribution in [0.25, 0.3) is 0 Å². The van der Waals surface area contributed by atoms with Gasteiger partial charge < -0.3 is 9.84 Å². The number of halogens is 12. The zero-order valence-electron chi connectivity index (χ0n) is 18.6. The van der Waals surface area contributed by atoms with Gasteiger partial charge in [-0.2, -0.15) is 52.7 Å². The quantitative estimate of drug-likeness (QED) is 0.307. The van der Waals surface area contributed by atoms with Crippen molar-refractivity contribution in [3.63, 3.8) is 0 Å². The minimum absolute atomic E-state index is 0.0717. The zero-order chi connectivity index (χ0) is 27.6. The second kappa shape index (κ2) is 10.3. The number of aliphatic hydroxyl groups is 1. The van der Waals surface area contributed by atoms with Gasteiger partial charge in [-0.15, -0.1) is 0 Å². The predicted octanol–water partition coefficient (Wildman–Crippen LogP) is 7.27. The molecule has 3 nitrogen and oxygen atoms in total. The smallest absolute Gasteiger partial charge is 0.437 e. The molecule has 1 aliphatic carbocycles. The summed E-state index contributed by atoms with van der Waals surface area (Å²) in [5.74, 6) is -3.27. The van der Waals surface area contributed by atoms with E-state index in [0.29, 0.717) is 6.42 Å². The molecule has 1 N–H and O–H groups in total. The molecule has 204 valence electrons.